The second-order valence-corrected chi connectivity index (χ2v) is 4.95. The number of carboxylic acids is 1. The van der Waals surface area contributed by atoms with Gasteiger partial charge in [0.15, 0.2) is 0 Å². The van der Waals surface area contributed by atoms with Gasteiger partial charge in [0.05, 0.1) is 12.2 Å². The molecule has 0 fully saturated rings. The Balaban J connectivity index is 2.12. The molecular formula is C15H20N2O4. The summed E-state index contributed by atoms with van der Waals surface area (Å²) in [5.41, 5.74) is 1.90. The Kier molecular flexibility index (Phi) is 4.80. The van der Waals surface area contributed by atoms with Crippen molar-refractivity contribution in [1.82, 2.24) is 4.90 Å². The standard InChI is InChI=1S/C15H20N2O4/c1-3-21-9-8-16(2)15(20)17-7-6-11-4-5-12(14(18)19)10-13(11)17/h4-5,10H,3,6-9H2,1-2H3,(H,18,19). The quantitative estimate of drug-likeness (QED) is 0.841. The Morgan fingerprint density at radius 1 is 1.43 bits per heavy atom. The van der Waals surface area contributed by atoms with Crippen LogP contribution in [0, 0.1) is 0 Å². The minimum atomic E-state index is -0.984. The lowest BCUT2D eigenvalue weighted by molar-refractivity contribution is 0.0697. The molecule has 6 nitrogen and oxygen atoms in total. The molecule has 0 radical (unpaired) electrons. The minimum absolute atomic E-state index is 0.129. The number of amides is 2. The van der Waals surface area contributed by atoms with Crippen molar-refractivity contribution in [3.05, 3.63) is 29.3 Å². The van der Waals surface area contributed by atoms with Crippen molar-refractivity contribution in [3.63, 3.8) is 0 Å². The number of likely N-dealkylation sites (N-methyl/N-ethyl adjacent to an activating group) is 1. The maximum atomic E-state index is 12.4. The van der Waals surface area contributed by atoms with E-state index in [-0.39, 0.29) is 11.6 Å². The van der Waals surface area contributed by atoms with Crippen molar-refractivity contribution in [1.29, 1.82) is 0 Å². The first-order chi connectivity index (χ1) is 10.0. The number of ether oxygens (including phenoxy) is 1. The average Bonchev–Trinajstić information content (AvgIpc) is 2.89. The first-order valence-electron chi connectivity index (χ1n) is 7.01. The second-order valence-electron chi connectivity index (χ2n) is 4.95. The molecule has 0 saturated carbocycles. The number of anilines is 1. The third-order valence-electron chi connectivity index (χ3n) is 3.56. The predicted molar refractivity (Wildman–Crippen MR) is 79.0 cm³/mol. The summed E-state index contributed by atoms with van der Waals surface area (Å²) in [6, 6.07) is 4.80. The van der Waals surface area contributed by atoms with Gasteiger partial charge in [-0.1, -0.05) is 6.07 Å². The van der Waals surface area contributed by atoms with Gasteiger partial charge in [0.25, 0.3) is 0 Å². The molecule has 114 valence electrons. The van der Waals surface area contributed by atoms with Crippen LogP contribution in [0.2, 0.25) is 0 Å². The van der Waals surface area contributed by atoms with Crippen molar-refractivity contribution in [3.8, 4) is 0 Å². The number of hydrogen-bond donors (Lipinski definition) is 1. The van der Waals surface area contributed by atoms with E-state index in [1.165, 1.54) is 0 Å². The molecule has 0 unspecified atom stereocenters. The Bertz CT molecular complexity index is 544. The van der Waals surface area contributed by atoms with Crippen molar-refractivity contribution in [2.45, 2.75) is 13.3 Å². The lowest BCUT2D eigenvalue weighted by atomic mass is 10.1. The molecule has 0 aromatic heterocycles. The van der Waals surface area contributed by atoms with Crippen LogP contribution in [0.3, 0.4) is 0 Å². The summed E-state index contributed by atoms with van der Waals surface area (Å²) in [4.78, 5) is 26.7. The fourth-order valence-electron chi connectivity index (χ4n) is 2.36. The lowest BCUT2D eigenvalue weighted by Gasteiger charge is -2.25. The van der Waals surface area contributed by atoms with E-state index in [0.29, 0.717) is 32.0 Å². The van der Waals surface area contributed by atoms with E-state index in [2.05, 4.69) is 0 Å². The summed E-state index contributed by atoms with van der Waals surface area (Å²) < 4.78 is 5.25. The summed E-state index contributed by atoms with van der Waals surface area (Å²) >= 11 is 0. The Morgan fingerprint density at radius 2 is 2.19 bits per heavy atom. The maximum Gasteiger partial charge on any atom is 0.335 e. The molecule has 0 bridgehead atoms. The van der Waals surface area contributed by atoms with Gasteiger partial charge in [-0.2, -0.15) is 0 Å². The topological polar surface area (TPSA) is 70.1 Å². The zero-order chi connectivity index (χ0) is 15.4. The Labute approximate surface area is 123 Å². The first-order valence-corrected chi connectivity index (χ1v) is 7.01. The molecule has 2 rings (SSSR count). The van der Waals surface area contributed by atoms with Crippen LogP contribution in [-0.4, -0.2) is 55.4 Å². The van der Waals surface area contributed by atoms with E-state index in [1.54, 1.807) is 35.0 Å². The van der Waals surface area contributed by atoms with E-state index in [4.69, 9.17) is 9.84 Å². The molecule has 0 saturated heterocycles. The highest BCUT2D eigenvalue weighted by Crippen LogP contribution is 2.29. The van der Waals surface area contributed by atoms with Crippen LogP contribution in [0.5, 0.6) is 0 Å². The number of aromatic carboxylic acids is 1. The highest BCUT2D eigenvalue weighted by molar-refractivity contribution is 5.96. The number of fused-ring (bicyclic) bond motifs is 1. The SMILES string of the molecule is CCOCCN(C)C(=O)N1CCc2ccc(C(=O)O)cc21. The number of urea groups is 1. The third kappa shape index (κ3) is 3.33. The van der Waals surface area contributed by atoms with Crippen molar-refractivity contribution in [2.75, 3.05) is 38.3 Å². The number of hydrogen-bond acceptors (Lipinski definition) is 3. The zero-order valence-corrected chi connectivity index (χ0v) is 12.3. The molecule has 2 amide bonds. The van der Waals surface area contributed by atoms with Gasteiger partial charge >= 0.3 is 12.0 Å². The zero-order valence-electron chi connectivity index (χ0n) is 12.3. The number of rotatable bonds is 5. The van der Waals surface area contributed by atoms with Gasteiger partial charge in [0.1, 0.15) is 0 Å². The third-order valence-corrected chi connectivity index (χ3v) is 3.56. The molecular weight excluding hydrogens is 272 g/mol. The van der Waals surface area contributed by atoms with Crippen LogP contribution in [-0.2, 0) is 11.2 Å². The van der Waals surface area contributed by atoms with E-state index in [1.807, 2.05) is 6.92 Å². The van der Waals surface area contributed by atoms with Gasteiger partial charge in [-0.15, -0.1) is 0 Å². The molecule has 0 spiro atoms. The summed E-state index contributed by atoms with van der Waals surface area (Å²) in [6.45, 7) is 4.12. The monoisotopic (exact) mass is 292 g/mol. The first kappa shape index (κ1) is 15.3. The Hall–Kier alpha value is -2.08. The van der Waals surface area contributed by atoms with Crippen molar-refractivity contribution >= 4 is 17.7 Å². The van der Waals surface area contributed by atoms with Crippen LogP contribution in [0.25, 0.3) is 0 Å². The largest absolute Gasteiger partial charge is 0.478 e. The average molecular weight is 292 g/mol. The van der Waals surface area contributed by atoms with Gasteiger partial charge in [-0.3, -0.25) is 4.90 Å². The lowest BCUT2D eigenvalue weighted by Crippen LogP contribution is -2.41. The molecule has 0 atom stereocenters. The second kappa shape index (κ2) is 6.58. The van der Waals surface area contributed by atoms with Gasteiger partial charge < -0.3 is 14.7 Å². The van der Waals surface area contributed by atoms with Crippen LogP contribution >= 0.6 is 0 Å². The molecule has 1 aromatic carbocycles. The molecule has 0 aliphatic carbocycles. The number of nitrogens with zero attached hydrogens (tertiary/aromatic N) is 2. The fraction of sp³-hybridized carbons (Fsp3) is 0.467. The molecule has 1 aromatic rings. The number of carbonyl (C=O) groups excluding carboxylic acids is 1. The van der Waals surface area contributed by atoms with Crippen LogP contribution < -0.4 is 4.90 Å². The summed E-state index contributed by atoms with van der Waals surface area (Å²) in [6.07, 6.45) is 0.750. The van der Waals surface area contributed by atoms with Crippen molar-refractivity contribution in [2.24, 2.45) is 0 Å². The van der Waals surface area contributed by atoms with E-state index < -0.39 is 5.97 Å². The van der Waals surface area contributed by atoms with Gasteiger partial charge in [-0.05, 0) is 31.0 Å². The summed E-state index contributed by atoms with van der Waals surface area (Å²) in [7, 11) is 1.72. The van der Waals surface area contributed by atoms with Crippen LogP contribution in [0.1, 0.15) is 22.8 Å². The smallest absolute Gasteiger partial charge is 0.335 e. The van der Waals surface area contributed by atoms with E-state index in [9.17, 15) is 9.59 Å². The normalized spacial score (nSPS) is 13.1. The minimum Gasteiger partial charge on any atom is -0.478 e. The summed E-state index contributed by atoms with van der Waals surface area (Å²) in [5, 5.41) is 9.06. The molecule has 6 heteroatoms. The molecule has 1 heterocycles. The summed E-state index contributed by atoms with van der Waals surface area (Å²) in [5.74, 6) is -0.984. The number of benzene rings is 1. The number of carboxylic acid groups (broad SMARTS) is 1. The van der Waals surface area contributed by atoms with E-state index in [0.717, 1.165) is 12.0 Å². The molecule has 1 aliphatic rings. The Morgan fingerprint density at radius 3 is 2.86 bits per heavy atom. The van der Waals surface area contributed by atoms with E-state index >= 15 is 0 Å². The fourth-order valence-corrected chi connectivity index (χ4v) is 2.36. The maximum absolute atomic E-state index is 12.4. The molecule has 21 heavy (non-hydrogen) atoms. The number of carbonyl (C=O) groups is 2. The highest BCUT2D eigenvalue weighted by Gasteiger charge is 2.27. The van der Waals surface area contributed by atoms with Gasteiger partial charge in [0.2, 0.25) is 0 Å². The van der Waals surface area contributed by atoms with Gasteiger partial charge in [-0.25, -0.2) is 9.59 Å². The van der Waals surface area contributed by atoms with Crippen LogP contribution in [0.15, 0.2) is 18.2 Å². The predicted octanol–water partition coefficient (Wildman–Crippen LogP) is 1.84. The van der Waals surface area contributed by atoms with Gasteiger partial charge in [0, 0.05) is 32.4 Å². The molecule has 1 N–H and O–H groups in total. The highest BCUT2D eigenvalue weighted by atomic mass is 16.5. The molecule has 1 aliphatic heterocycles. The van der Waals surface area contributed by atoms with Crippen LogP contribution in [0.4, 0.5) is 10.5 Å². The van der Waals surface area contributed by atoms with Crippen molar-refractivity contribution < 1.29 is 19.4 Å².